The molecule has 0 spiro atoms. The lowest BCUT2D eigenvalue weighted by atomic mass is 10.1. The summed E-state index contributed by atoms with van der Waals surface area (Å²) in [6, 6.07) is 0. The molecule has 0 aliphatic carbocycles. The second-order valence-corrected chi connectivity index (χ2v) is 8.90. The fraction of sp³-hybridized carbons (Fsp3) is 0.571. The van der Waals surface area contributed by atoms with Crippen LogP contribution in [0.4, 0.5) is 0 Å². The molecule has 1 heterocycles. The molecule has 0 fully saturated rings. The first-order valence-corrected chi connectivity index (χ1v) is 11.4. The lowest BCUT2D eigenvalue weighted by Crippen LogP contribution is -2.42. The maximum absolute atomic E-state index is 12.5. The second-order valence-electron chi connectivity index (χ2n) is 5.70. The summed E-state index contributed by atoms with van der Waals surface area (Å²) in [6.07, 6.45) is 3.82. The van der Waals surface area contributed by atoms with Gasteiger partial charge in [-0.25, -0.2) is 9.36 Å². The molecule has 148 valence electrons. The molecule has 1 aromatic rings. The van der Waals surface area contributed by atoms with E-state index in [0.717, 1.165) is 4.57 Å². The first-order valence-electron chi connectivity index (χ1n) is 8.07. The van der Waals surface area contributed by atoms with Gasteiger partial charge in [-0.15, -0.1) is 0 Å². The Morgan fingerprint density at radius 2 is 1.65 bits per heavy atom. The van der Waals surface area contributed by atoms with Crippen molar-refractivity contribution in [1.82, 2.24) is 8.90 Å². The monoisotopic (exact) mass is 410 g/mol. The Bertz CT molecular complexity index is 874. The number of rotatable bonds is 9. The Morgan fingerprint density at radius 3 is 2.12 bits per heavy atom. The summed E-state index contributed by atoms with van der Waals surface area (Å²) in [7, 11) is -9.25. The number of aromatic nitrogens is 2. The van der Waals surface area contributed by atoms with Crippen LogP contribution in [0.5, 0.6) is 0 Å². The van der Waals surface area contributed by atoms with Crippen LogP contribution in [0.2, 0.25) is 0 Å². The van der Waals surface area contributed by atoms with E-state index in [4.69, 9.17) is 9.79 Å². The number of allylic oxidation sites excluding steroid dienone is 2. The third-order valence-corrected chi connectivity index (χ3v) is 5.39. The SMILES string of the molecule is CCCc1c(CC)n(C/C=C/CCP(=O)(O)O)c(=O)n(P(=O)(O)O)c1=O. The fourth-order valence-corrected chi connectivity index (χ4v) is 3.77. The summed E-state index contributed by atoms with van der Waals surface area (Å²) >= 11 is 0. The zero-order valence-electron chi connectivity index (χ0n) is 14.6. The van der Waals surface area contributed by atoms with Crippen molar-refractivity contribution in [3.8, 4) is 0 Å². The van der Waals surface area contributed by atoms with Gasteiger partial charge in [0.25, 0.3) is 5.56 Å². The Balaban J connectivity index is 3.41. The van der Waals surface area contributed by atoms with Crippen LogP contribution in [0.25, 0.3) is 0 Å². The van der Waals surface area contributed by atoms with Gasteiger partial charge >= 0.3 is 21.0 Å². The Morgan fingerprint density at radius 1 is 1.04 bits per heavy atom. The van der Waals surface area contributed by atoms with E-state index in [9.17, 15) is 28.5 Å². The summed E-state index contributed by atoms with van der Waals surface area (Å²) < 4.78 is 23.5. The first kappa shape index (κ1) is 22.8. The highest BCUT2D eigenvalue weighted by Gasteiger charge is 2.27. The van der Waals surface area contributed by atoms with Gasteiger partial charge in [-0.05, 0) is 19.3 Å². The van der Waals surface area contributed by atoms with E-state index in [2.05, 4.69) is 0 Å². The lowest BCUT2D eigenvalue weighted by Gasteiger charge is -2.18. The van der Waals surface area contributed by atoms with Crippen LogP contribution in [0.3, 0.4) is 0 Å². The van der Waals surface area contributed by atoms with Gasteiger partial charge in [0, 0.05) is 17.8 Å². The zero-order valence-corrected chi connectivity index (χ0v) is 16.4. The van der Waals surface area contributed by atoms with E-state index in [1.165, 1.54) is 12.2 Å². The zero-order chi connectivity index (χ0) is 20.1. The molecule has 10 nitrogen and oxygen atoms in total. The van der Waals surface area contributed by atoms with Crippen molar-refractivity contribution in [2.24, 2.45) is 0 Å². The van der Waals surface area contributed by atoms with Crippen LogP contribution in [-0.2, 0) is 28.5 Å². The molecule has 0 amide bonds. The summed E-state index contributed by atoms with van der Waals surface area (Å²) in [4.78, 5) is 61.3. The molecule has 0 bridgehead atoms. The predicted octanol–water partition coefficient (Wildman–Crippen LogP) is 0.590. The van der Waals surface area contributed by atoms with Crippen molar-refractivity contribution in [1.29, 1.82) is 0 Å². The summed E-state index contributed by atoms with van der Waals surface area (Å²) in [5.74, 6) is 0. The molecule has 26 heavy (non-hydrogen) atoms. The largest absolute Gasteiger partial charge is 0.440 e. The minimum Gasteiger partial charge on any atom is -0.324 e. The predicted molar refractivity (Wildman–Crippen MR) is 96.4 cm³/mol. The molecular formula is C14H24N2O8P2. The van der Waals surface area contributed by atoms with E-state index in [0.29, 0.717) is 18.5 Å². The summed E-state index contributed by atoms with van der Waals surface area (Å²) in [6.45, 7) is 3.46. The maximum atomic E-state index is 12.5. The molecule has 0 aliphatic heterocycles. The minimum absolute atomic E-state index is 0.0271. The Kier molecular flexibility index (Phi) is 7.95. The molecule has 0 aliphatic rings. The van der Waals surface area contributed by atoms with E-state index in [1.807, 2.05) is 0 Å². The molecule has 12 heteroatoms. The Hall–Kier alpha value is -1.28. The molecule has 0 atom stereocenters. The quantitative estimate of drug-likeness (QED) is 0.340. The second kappa shape index (κ2) is 9.08. The van der Waals surface area contributed by atoms with E-state index >= 15 is 0 Å². The molecule has 0 unspecified atom stereocenters. The highest BCUT2D eigenvalue weighted by Crippen LogP contribution is 2.35. The van der Waals surface area contributed by atoms with Crippen LogP contribution in [0.15, 0.2) is 21.7 Å². The first-order chi connectivity index (χ1) is 11.9. The molecule has 0 radical (unpaired) electrons. The van der Waals surface area contributed by atoms with Gasteiger partial charge in [0.15, 0.2) is 0 Å². The Labute approximate surface area is 150 Å². The topological polar surface area (TPSA) is 159 Å². The third-order valence-electron chi connectivity index (χ3n) is 3.67. The van der Waals surface area contributed by atoms with E-state index in [1.54, 1.807) is 13.8 Å². The highest BCUT2D eigenvalue weighted by molar-refractivity contribution is 7.51. The van der Waals surface area contributed by atoms with Crippen molar-refractivity contribution in [3.63, 3.8) is 0 Å². The van der Waals surface area contributed by atoms with Crippen LogP contribution in [0, 0.1) is 0 Å². The highest BCUT2D eigenvalue weighted by atomic mass is 31.2. The molecule has 1 aromatic heterocycles. The average molecular weight is 410 g/mol. The molecular weight excluding hydrogens is 386 g/mol. The van der Waals surface area contributed by atoms with Crippen molar-refractivity contribution in [2.75, 3.05) is 6.16 Å². The standard InChI is InChI=1S/C14H24N2O8P2/c1-3-8-11-12(4-2)15(9-6-5-7-10-25(19,20)21)14(18)16(13(11)17)26(22,23)24/h5-6H,3-4,7-10H2,1-2H3,(H2,19,20,21)(H2,22,23,24)/b6-5+. The minimum atomic E-state index is -5.12. The van der Waals surface area contributed by atoms with Gasteiger partial charge in [-0.2, -0.15) is 4.34 Å². The van der Waals surface area contributed by atoms with Gasteiger partial charge in [-0.3, -0.25) is 13.9 Å². The molecule has 0 saturated heterocycles. The summed E-state index contributed by atoms with van der Waals surface area (Å²) in [5.41, 5.74) is -1.52. The van der Waals surface area contributed by atoms with Crippen LogP contribution >= 0.6 is 15.3 Å². The van der Waals surface area contributed by atoms with Gasteiger partial charge in [0.2, 0.25) is 0 Å². The van der Waals surface area contributed by atoms with Crippen LogP contribution in [0.1, 0.15) is 37.9 Å². The molecule has 0 aromatic carbocycles. The van der Waals surface area contributed by atoms with Crippen molar-refractivity contribution in [3.05, 3.63) is 44.2 Å². The molecule has 4 N–H and O–H groups in total. The van der Waals surface area contributed by atoms with Crippen LogP contribution < -0.4 is 11.2 Å². The number of hydrogen-bond acceptors (Lipinski definition) is 4. The summed E-state index contributed by atoms with van der Waals surface area (Å²) in [5, 5.41) is 0. The third kappa shape index (κ3) is 5.87. The van der Waals surface area contributed by atoms with Crippen molar-refractivity contribution < 1.29 is 28.7 Å². The smallest absolute Gasteiger partial charge is 0.324 e. The molecule has 0 saturated carbocycles. The van der Waals surface area contributed by atoms with E-state index < -0.39 is 26.6 Å². The molecule has 1 rings (SSSR count). The van der Waals surface area contributed by atoms with Crippen LogP contribution in [-0.4, -0.2) is 34.6 Å². The van der Waals surface area contributed by atoms with Gasteiger partial charge in [0.1, 0.15) is 0 Å². The lowest BCUT2D eigenvalue weighted by molar-refractivity contribution is 0.354. The number of nitrogens with zero attached hydrogens (tertiary/aromatic N) is 2. The van der Waals surface area contributed by atoms with Crippen molar-refractivity contribution >= 4 is 15.3 Å². The normalized spacial score (nSPS) is 12.8. The van der Waals surface area contributed by atoms with Gasteiger partial charge in [0.05, 0.1) is 6.16 Å². The van der Waals surface area contributed by atoms with Crippen molar-refractivity contribution in [2.45, 2.75) is 46.1 Å². The number of hydrogen-bond donors (Lipinski definition) is 4. The van der Waals surface area contributed by atoms with E-state index in [-0.39, 0.29) is 35.4 Å². The van der Waals surface area contributed by atoms with Gasteiger partial charge < -0.3 is 19.6 Å². The van der Waals surface area contributed by atoms with Gasteiger partial charge in [-0.1, -0.05) is 32.4 Å². The average Bonchev–Trinajstić information content (AvgIpc) is 2.48. The maximum Gasteiger partial charge on any atom is 0.440 e. The fourth-order valence-electron chi connectivity index (χ4n) is 2.59.